The van der Waals surface area contributed by atoms with Gasteiger partial charge >= 0.3 is 0 Å². The van der Waals surface area contributed by atoms with Gasteiger partial charge in [0.1, 0.15) is 6.04 Å². The first-order valence-corrected chi connectivity index (χ1v) is 4.62. The standard InChI is InChI=1S/C9H9FN4O2/c1-14-7(15)2-6(8(14)16)13-9-11-3-5(10)4-12-9/h3-4,6H,2H2,1H3,(H,11,12,13). The van der Waals surface area contributed by atoms with Crippen molar-refractivity contribution in [3.8, 4) is 0 Å². The molecule has 6 nitrogen and oxygen atoms in total. The van der Waals surface area contributed by atoms with Gasteiger partial charge in [0.15, 0.2) is 5.82 Å². The Bertz CT molecular complexity index is 434. The molecule has 1 aromatic heterocycles. The van der Waals surface area contributed by atoms with Crippen molar-refractivity contribution in [2.75, 3.05) is 12.4 Å². The molecule has 1 aliphatic rings. The summed E-state index contributed by atoms with van der Waals surface area (Å²) in [5, 5.41) is 2.68. The largest absolute Gasteiger partial charge is 0.342 e. The van der Waals surface area contributed by atoms with Gasteiger partial charge in [-0.3, -0.25) is 14.5 Å². The zero-order chi connectivity index (χ0) is 11.7. The summed E-state index contributed by atoms with van der Waals surface area (Å²) in [6.07, 6.45) is 2.04. The molecule has 2 rings (SSSR count). The number of likely N-dealkylation sites (N-methyl/N-ethyl adjacent to an activating group) is 1. The van der Waals surface area contributed by atoms with E-state index in [0.717, 1.165) is 17.3 Å². The van der Waals surface area contributed by atoms with Crippen LogP contribution in [0.4, 0.5) is 10.3 Å². The fraction of sp³-hybridized carbons (Fsp3) is 0.333. The third-order valence-electron chi connectivity index (χ3n) is 2.31. The molecule has 0 radical (unpaired) electrons. The molecule has 2 heterocycles. The molecule has 84 valence electrons. The summed E-state index contributed by atoms with van der Waals surface area (Å²) in [4.78, 5) is 31.0. The number of nitrogens with zero attached hydrogens (tertiary/aromatic N) is 3. The van der Waals surface area contributed by atoms with Crippen LogP contribution in [0.1, 0.15) is 6.42 Å². The number of carbonyl (C=O) groups is 2. The number of anilines is 1. The Balaban J connectivity index is 2.09. The van der Waals surface area contributed by atoms with Crippen molar-refractivity contribution in [1.82, 2.24) is 14.9 Å². The smallest absolute Gasteiger partial charge is 0.252 e. The first kappa shape index (κ1) is 10.5. The number of hydrogen-bond acceptors (Lipinski definition) is 5. The second-order valence-electron chi connectivity index (χ2n) is 3.42. The molecular formula is C9H9FN4O2. The van der Waals surface area contributed by atoms with Crippen LogP contribution >= 0.6 is 0 Å². The zero-order valence-electron chi connectivity index (χ0n) is 8.48. The van der Waals surface area contributed by atoms with E-state index in [0.29, 0.717) is 0 Å². The minimum Gasteiger partial charge on any atom is -0.342 e. The molecule has 1 saturated heterocycles. The van der Waals surface area contributed by atoms with Gasteiger partial charge in [0.25, 0.3) is 5.91 Å². The molecule has 7 heteroatoms. The number of aromatic nitrogens is 2. The van der Waals surface area contributed by atoms with Crippen molar-refractivity contribution in [3.63, 3.8) is 0 Å². The Hall–Kier alpha value is -2.05. The van der Waals surface area contributed by atoms with Crippen LogP contribution in [-0.2, 0) is 9.59 Å². The van der Waals surface area contributed by atoms with E-state index >= 15 is 0 Å². The lowest BCUT2D eigenvalue weighted by Gasteiger charge is -2.10. The highest BCUT2D eigenvalue weighted by Gasteiger charge is 2.36. The van der Waals surface area contributed by atoms with Gasteiger partial charge in [0, 0.05) is 7.05 Å². The summed E-state index contributed by atoms with van der Waals surface area (Å²) in [7, 11) is 1.41. The highest BCUT2D eigenvalue weighted by Crippen LogP contribution is 2.14. The van der Waals surface area contributed by atoms with Crippen LogP contribution in [0.5, 0.6) is 0 Å². The van der Waals surface area contributed by atoms with Crippen LogP contribution in [0.15, 0.2) is 12.4 Å². The van der Waals surface area contributed by atoms with Gasteiger partial charge in [-0.15, -0.1) is 0 Å². The summed E-state index contributed by atoms with van der Waals surface area (Å²) in [6.45, 7) is 0. The SMILES string of the molecule is CN1C(=O)CC(Nc2ncc(F)cn2)C1=O. The molecule has 1 aromatic rings. The third kappa shape index (κ3) is 1.83. The molecule has 2 amide bonds. The maximum Gasteiger partial charge on any atom is 0.252 e. The average molecular weight is 224 g/mol. The highest BCUT2D eigenvalue weighted by molar-refractivity contribution is 6.06. The van der Waals surface area contributed by atoms with E-state index in [-0.39, 0.29) is 24.2 Å². The van der Waals surface area contributed by atoms with Crippen LogP contribution in [-0.4, -0.2) is 39.8 Å². The van der Waals surface area contributed by atoms with E-state index in [1.807, 2.05) is 0 Å². The van der Waals surface area contributed by atoms with Gasteiger partial charge in [0.2, 0.25) is 11.9 Å². The van der Waals surface area contributed by atoms with Crippen molar-refractivity contribution in [2.45, 2.75) is 12.5 Å². The quantitative estimate of drug-likeness (QED) is 0.703. The van der Waals surface area contributed by atoms with Crippen molar-refractivity contribution in [2.24, 2.45) is 0 Å². The van der Waals surface area contributed by atoms with Gasteiger partial charge in [0.05, 0.1) is 18.8 Å². The Kier molecular flexibility index (Phi) is 2.51. The van der Waals surface area contributed by atoms with Gasteiger partial charge < -0.3 is 5.32 Å². The lowest BCUT2D eigenvalue weighted by Crippen LogP contribution is -2.32. The molecule has 0 spiro atoms. The zero-order valence-corrected chi connectivity index (χ0v) is 8.48. The molecule has 1 N–H and O–H groups in total. The number of rotatable bonds is 2. The summed E-state index contributed by atoms with van der Waals surface area (Å²) in [5.41, 5.74) is 0. The van der Waals surface area contributed by atoms with Crippen LogP contribution < -0.4 is 5.32 Å². The Morgan fingerprint density at radius 2 is 2.06 bits per heavy atom. The van der Waals surface area contributed by atoms with E-state index in [1.165, 1.54) is 7.05 Å². The second kappa shape index (κ2) is 3.84. The Morgan fingerprint density at radius 1 is 1.44 bits per heavy atom. The molecule has 0 bridgehead atoms. The van der Waals surface area contributed by atoms with E-state index in [9.17, 15) is 14.0 Å². The van der Waals surface area contributed by atoms with Crippen molar-refractivity contribution < 1.29 is 14.0 Å². The van der Waals surface area contributed by atoms with Crippen molar-refractivity contribution in [3.05, 3.63) is 18.2 Å². The maximum absolute atomic E-state index is 12.5. The number of halogens is 1. The fourth-order valence-corrected chi connectivity index (χ4v) is 1.41. The van der Waals surface area contributed by atoms with E-state index in [2.05, 4.69) is 15.3 Å². The molecule has 0 aliphatic carbocycles. The minimum absolute atomic E-state index is 0.0655. The second-order valence-corrected chi connectivity index (χ2v) is 3.42. The topological polar surface area (TPSA) is 75.2 Å². The normalized spacial score (nSPS) is 20.4. The van der Waals surface area contributed by atoms with Crippen LogP contribution in [0.2, 0.25) is 0 Å². The molecule has 1 aliphatic heterocycles. The molecule has 1 unspecified atom stereocenters. The minimum atomic E-state index is -0.664. The van der Waals surface area contributed by atoms with E-state index in [4.69, 9.17) is 0 Å². The summed E-state index contributed by atoms with van der Waals surface area (Å²) in [5.74, 6) is -1.03. The van der Waals surface area contributed by atoms with Gasteiger partial charge in [-0.05, 0) is 0 Å². The predicted octanol–water partition coefficient (Wildman–Crippen LogP) is -0.215. The molecule has 0 aromatic carbocycles. The number of likely N-dealkylation sites (tertiary alicyclic amines) is 1. The molecule has 1 fully saturated rings. The number of hydrogen-bond donors (Lipinski definition) is 1. The number of carbonyl (C=O) groups excluding carboxylic acids is 2. The Morgan fingerprint density at radius 3 is 2.56 bits per heavy atom. The summed E-state index contributed by atoms with van der Waals surface area (Å²) < 4.78 is 12.5. The van der Waals surface area contributed by atoms with E-state index in [1.54, 1.807) is 0 Å². The highest BCUT2D eigenvalue weighted by atomic mass is 19.1. The third-order valence-corrected chi connectivity index (χ3v) is 2.31. The number of nitrogens with one attached hydrogen (secondary N) is 1. The lowest BCUT2D eigenvalue weighted by atomic mass is 10.2. The van der Waals surface area contributed by atoms with Crippen LogP contribution in [0.25, 0.3) is 0 Å². The number of amides is 2. The van der Waals surface area contributed by atoms with Crippen molar-refractivity contribution in [1.29, 1.82) is 0 Å². The fourth-order valence-electron chi connectivity index (χ4n) is 1.41. The molecule has 0 saturated carbocycles. The van der Waals surface area contributed by atoms with Gasteiger partial charge in [-0.25, -0.2) is 14.4 Å². The van der Waals surface area contributed by atoms with Gasteiger partial charge in [-0.1, -0.05) is 0 Å². The molecule has 16 heavy (non-hydrogen) atoms. The lowest BCUT2D eigenvalue weighted by molar-refractivity contribution is -0.136. The number of imide groups is 1. The first-order chi connectivity index (χ1) is 7.58. The first-order valence-electron chi connectivity index (χ1n) is 4.62. The average Bonchev–Trinajstić information content (AvgIpc) is 2.50. The Labute approximate surface area is 90.5 Å². The van der Waals surface area contributed by atoms with Crippen LogP contribution in [0.3, 0.4) is 0 Å². The van der Waals surface area contributed by atoms with E-state index < -0.39 is 11.9 Å². The molecule has 1 atom stereocenters. The summed E-state index contributed by atoms with van der Waals surface area (Å²) in [6, 6.07) is -0.664. The maximum atomic E-state index is 12.5. The predicted molar refractivity (Wildman–Crippen MR) is 51.8 cm³/mol. The van der Waals surface area contributed by atoms with Crippen LogP contribution in [0, 0.1) is 5.82 Å². The molecular weight excluding hydrogens is 215 g/mol. The summed E-state index contributed by atoms with van der Waals surface area (Å²) >= 11 is 0. The van der Waals surface area contributed by atoms with Gasteiger partial charge in [-0.2, -0.15) is 0 Å². The van der Waals surface area contributed by atoms with Crippen molar-refractivity contribution >= 4 is 17.8 Å². The monoisotopic (exact) mass is 224 g/mol.